The van der Waals surface area contributed by atoms with Crippen LogP contribution in [-0.4, -0.2) is 5.97 Å². The maximum absolute atomic E-state index is 8.89. The minimum absolute atomic E-state index is 0. The van der Waals surface area contributed by atoms with E-state index in [9.17, 15) is 0 Å². The molecule has 0 aromatic heterocycles. The van der Waals surface area contributed by atoms with Crippen molar-refractivity contribution in [3.63, 3.8) is 0 Å². The van der Waals surface area contributed by atoms with Crippen LogP contribution in [-0.2, 0) is 4.79 Å². The van der Waals surface area contributed by atoms with Crippen LogP contribution < -0.4 is 5.11 Å². The second-order valence-corrected chi connectivity index (χ2v) is 0.492. The third-order valence-electron chi connectivity index (χ3n) is 0. The maximum atomic E-state index is 8.89. The molecular weight excluding hydrogens is 68.0 g/mol. The van der Waals surface area contributed by atoms with Gasteiger partial charge in [-0.3, -0.25) is 0 Å². The number of carbonyl (C=O) groups excluding carboxylic acids is 1. The van der Waals surface area contributed by atoms with Crippen LogP contribution in [0.25, 0.3) is 0 Å². The smallest absolute Gasteiger partial charge is 0.0383 e. The third-order valence-corrected chi connectivity index (χ3v) is 0. The number of rotatable bonds is 0. The monoisotopic (exact) mass is 75.0 g/mol. The van der Waals surface area contributed by atoms with Gasteiger partial charge in [0.25, 0.3) is 0 Å². The van der Waals surface area contributed by atoms with E-state index in [4.69, 9.17) is 9.90 Å². The summed E-state index contributed by atoms with van der Waals surface area (Å²) in [6, 6.07) is 0. The first kappa shape index (κ1) is 8.82. The predicted molar refractivity (Wildman–Crippen MR) is 17.4 cm³/mol. The number of hydrogen-bond acceptors (Lipinski definition) is 2. The predicted octanol–water partition coefficient (Wildman–Crippen LogP) is -0.608. The lowest BCUT2D eigenvalue weighted by Gasteiger charge is -1.77. The van der Waals surface area contributed by atoms with E-state index in [-0.39, 0.29) is 7.43 Å². The fourth-order valence-electron chi connectivity index (χ4n) is 0. The van der Waals surface area contributed by atoms with Crippen molar-refractivity contribution in [2.75, 3.05) is 0 Å². The fourth-order valence-corrected chi connectivity index (χ4v) is 0. The van der Waals surface area contributed by atoms with Gasteiger partial charge in [-0.2, -0.15) is 0 Å². The van der Waals surface area contributed by atoms with E-state index in [1.807, 2.05) is 0 Å². The molecule has 2 nitrogen and oxygen atoms in total. The molecule has 0 aromatic rings. The van der Waals surface area contributed by atoms with Gasteiger partial charge in [-0.1, -0.05) is 7.43 Å². The van der Waals surface area contributed by atoms with Gasteiger partial charge in [-0.25, -0.2) is 0 Å². The van der Waals surface area contributed by atoms with Crippen LogP contribution in [0.1, 0.15) is 14.4 Å². The summed E-state index contributed by atoms with van der Waals surface area (Å²) < 4.78 is 0. The Morgan fingerprint density at radius 1 is 1.80 bits per heavy atom. The number of carbonyl (C=O) groups is 1. The lowest BCUT2D eigenvalue weighted by atomic mass is 10.9. The third kappa shape index (κ3) is 26.7. The Hall–Kier alpha value is -0.530. The normalized spacial score (nSPS) is 5.00. The van der Waals surface area contributed by atoms with Crippen LogP contribution in [0.4, 0.5) is 0 Å². The van der Waals surface area contributed by atoms with Crippen molar-refractivity contribution >= 4 is 5.97 Å². The highest BCUT2D eigenvalue weighted by molar-refractivity contribution is 5.60. The van der Waals surface area contributed by atoms with Crippen molar-refractivity contribution in [2.45, 2.75) is 14.4 Å². The molecule has 0 amide bonds. The van der Waals surface area contributed by atoms with E-state index in [0.29, 0.717) is 0 Å². The first-order chi connectivity index (χ1) is 1.73. The Morgan fingerprint density at radius 2 is 1.80 bits per heavy atom. The van der Waals surface area contributed by atoms with E-state index in [0.717, 1.165) is 6.92 Å². The average molecular weight is 75.1 g/mol. The molecule has 0 aliphatic carbocycles. The highest BCUT2D eigenvalue weighted by atomic mass is 16.4. The Bertz CT molecular complexity index is 27.9. The van der Waals surface area contributed by atoms with Gasteiger partial charge in [0.15, 0.2) is 0 Å². The molecule has 0 N–H and O–H groups in total. The molecule has 0 fully saturated rings. The molecule has 2 heteroatoms. The van der Waals surface area contributed by atoms with E-state index in [2.05, 4.69) is 0 Å². The van der Waals surface area contributed by atoms with Crippen molar-refractivity contribution in [1.29, 1.82) is 0 Å². The van der Waals surface area contributed by atoms with Crippen LogP contribution in [0.5, 0.6) is 0 Å². The molecule has 5 heavy (non-hydrogen) atoms. The molecule has 0 unspecified atom stereocenters. The van der Waals surface area contributed by atoms with Gasteiger partial charge >= 0.3 is 0 Å². The lowest BCUT2D eigenvalue weighted by Crippen LogP contribution is -2.16. The van der Waals surface area contributed by atoms with Crippen LogP contribution in [0, 0.1) is 0 Å². The Balaban J connectivity index is 0. The van der Waals surface area contributed by atoms with Crippen LogP contribution in [0.3, 0.4) is 0 Å². The first-order valence-corrected chi connectivity index (χ1v) is 0.908. The summed E-state index contributed by atoms with van der Waals surface area (Å²) in [6.45, 7) is 0.972. The highest BCUT2D eigenvalue weighted by Crippen LogP contribution is 1.31. The van der Waals surface area contributed by atoms with E-state index < -0.39 is 5.97 Å². The Labute approximate surface area is 31.4 Å². The quantitative estimate of drug-likeness (QED) is 0.385. The summed E-state index contributed by atoms with van der Waals surface area (Å²) in [5, 5.41) is 8.89. The molecule has 0 aliphatic rings. The van der Waals surface area contributed by atoms with Gasteiger partial charge in [0.1, 0.15) is 0 Å². The molecule has 0 heterocycles. The van der Waals surface area contributed by atoms with Crippen molar-refractivity contribution in [2.24, 2.45) is 0 Å². The van der Waals surface area contributed by atoms with Gasteiger partial charge < -0.3 is 9.90 Å². The van der Waals surface area contributed by atoms with Crippen molar-refractivity contribution in [1.82, 2.24) is 0 Å². The molecule has 0 rings (SSSR count). The molecule has 0 aliphatic heterocycles. The average Bonchev–Trinajstić information content (AvgIpc) is 0.811. The van der Waals surface area contributed by atoms with E-state index in [1.54, 1.807) is 0 Å². The first-order valence-electron chi connectivity index (χ1n) is 0.908. The Morgan fingerprint density at radius 3 is 1.80 bits per heavy atom. The topological polar surface area (TPSA) is 40.1 Å². The van der Waals surface area contributed by atoms with E-state index in [1.165, 1.54) is 0 Å². The molecule has 0 bridgehead atoms. The van der Waals surface area contributed by atoms with Crippen molar-refractivity contribution in [3.8, 4) is 0 Å². The summed E-state index contributed by atoms with van der Waals surface area (Å²) >= 11 is 0. The number of hydrogen-bond donors (Lipinski definition) is 0. The maximum Gasteiger partial charge on any atom is 0.0383 e. The zero-order valence-electron chi connectivity index (χ0n) is 2.32. The molecule has 32 valence electrons. The molecule has 0 aromatic carbocycles. The van der Waals surface area contributed by atoms with Gasteiger partial charge in [-0.15, -0.1) is 0 Å². The van der Waals surface area contributed by atoms with Crippen LogP contribution in [0.2, 0.25) is 0 Å². The largest absolute Gasteiger partial charge is 0.550 e. The number of carboxylic acid groups (broad SMARTS) is 1. The minimum Gasteiger partial charge on any atom is -0.550 e. The molecule has 0 radical (unpaired) electrons. The number of aliphatic carboxylic acids is 1. The SMILES string of the molecule is C.CC(=O)[O-]. The van der Waals surface area contributed by atoms with E-state index >= 15 is 0 Å². The zero-order valence-corrected chi connectivity index (χ0v) is 2.32. The minimum atomic E-state index is -1.08. The zero-order chi connectivity index (χ0) is 3.58. The summed E-state index contributed by atoms with van der Waals surface area (Å²) in [7, 11) is 0. The van der Waals surface area contributed by atoms with Gasteiger partial charge in [0.05, 0.1) is 0 Å². The fraction of sp³-hybridized carbons (Fsp3) is 0.667. The molecular formula is C3H7O2-. The van der Waals surface area contributed by atoms with Gasteiger partial charge in [-0.05, 0) is 6.92 Å². The second-order valence-electron chi connectivity index (χ2n) is 0.492. The summed E-state index contributed by atoms with van der Waals surface area (Å²) in [5.74, 6) is -1.08. The summed E-state index contributed by atoms with van der Waals surface area (Å²) in [6.07, 6.45) is 0. The highest BCUT2D eigenvalue weighted by Gasteiger charge is 1.46. The van der Waals surface area contributed by atoms with Crippen molar-refractivity contribution in [3.05, 3.63) is 0 Å². The van der Waals surface area contributed by atoms with Crippen LogP contribution >= 0.6 is 0 Å². The summed E-state index contributed by atoms with van der Waals surface area (Å²) in [5.41, 5.74) is 0. The van der Waals surface area contributed by atoms with Gasteiger partial charge in [0.2, 0.25) is 0 Å². The molecule has 0 saturated carbocycles. The molecule has 0 saturated heterocycles. The molecule has 0 atom stereocenters. The van der Waals surface area contributed by atoms with Crippen molar-refractivity contribution < 1.29 is 9.90 Å². The summed E-state index contributed by atoms with van der Waals surface area (Å²) in [4.78, 5) is 8.89. The number of carboxylic acids is 1. The standard InChI is InChI=1S/C2H4O2.CH4/c1-2(3)4;/h1H3,(H,3,4);1H4/p-1. The molecule has 0 spiro atoms. The second kappa shape index (κ2) is 3.47. The van der Waals surface area contributed by atoms with Gasteiger partial charge in [0, 0.05) is 5.97 Å². The lowest BCUT2D eigenvalue weighted by molar-refractivity contribution is -0.302. The van der Waals surface area contributed by atoms with Crippen LogP contribution in [0.15, 0.2) is 0 Å². The Kier molecular flexibility index (Phi) is 6.12.